The molecule has 0 aliphatic heterocycles. The van der Waals surface area contributed by atoms with E-state index in [2.05, 4.69) is 19.2 Å². The Balaban J connectivity index is 1.36. The molecule has 0 saturated heterocycles. The zero-order valence-corrected chi connectivity index (χ0v) is 16.3. The molecular formula is C23H29F2NO. The minimum absolute atomic E-state index is 0.0968. The van der Waals surface area contributed by atoms with Crippen molar-refractivity contribution in [3.63, 3.8) is 0 Å². The predicted octanol–water partition coefficient (Wildman–Crippen LogP) is 4.97. The molecule has 5 saturated carbocycles. The van der Waals surface area contributed by atoms with Crippen molar-refractivity contribution in [2.24, 2.45) is 28.6 Å². The first-order valence-corrected chi connectivity index (χ1v) is 10.5. The summed E-state index contributed by atoms with van der Waals surface area (Å²) in [6.07, 6.45) is 7.84. The van der Waals surface area contributed by atoms with Crippen LogP contribution in [-0.4, -0.2) is 12.5 Å². The molecule has 5 fully saturated rings. The summed E-state index contributed by atoms with van der Waals surface area (Å²) in [5, 5.41) is 3.24. The van der Waals surface area contributed by atoms with Crippen molar-refractivity contribution < 1.29 is 13.6 Å². The number of nitrogens with one attached hydrogen (secondary N) is 1. The molecule has 5 aliphatic rings. The van der Waals surface area contributed by atoms with Gasteiger partial charge in [-0.2, -0.15) is 0 Å². The topological polar surface area (TPSA) is 29.1 Å². The van der Waals surface area contributed by atoms with Gasteiger partial charge in [-0.1, -0.05) is 19.9 Å². The summed E-state index contributed by atoms with van der Waals surface area (Å²) in [6, 6.07) is 3.86. The lowest BCUT2D eigenvalue weighted by Gasteiger charge is -2.55. The lowest BCUT2D eigenvalue weighted by molar-refractivity contribution is -0.146. The largest absolute Gasteiger partial charge is 0.355 e. The van der Waals surface area contributed by atoms with Gasteiger partial charge in [-0.05, 0) is 79.7 Å². The minimum atomic E-state index is -0.553. The van der Waals surface area contributed by atoms with E-state index in [9.17, 15) is 13.6 Å². The third-order valence-electron chi connectivity index (χ3n) is 8.43. The average molecular weight is 373 g/mol. The molecule has 1 atom stereocenters. The molecule has 4 bridgehead atoms. The van der Waals surface area contributed by atoms with Crippen LogP contribution in [0.15, 0.2) is 18.2 Å². The van der Waals surface area contributed by atoms with Crippen molar-refractivity contribution in [2.45, 2.75) is 64.2 Å². The second-order valence-corrected chi connectivity index (χ2v) is 10.6. The molecule has 1 N–H and O–H groups in total. The number of hydrogen-bond donors (Lipinski definition) is 1. The molecule has 0 aromatic heterocycles. The molecule has 1 amide bonds. The number of benzene rings is 1. The molecule has 146 valence electrons. The molecule has 4 heteroatoms. The van der Waals surface area contributed by atoms with E-state index in [0.717, 1.165) is 49.5 Å². The van der Waals surface area contributed by atoms with E-state index in [4.69, 9.17) is 0 Å². The molecule has 2 nitrogen and oxygen atoms in total. The summed E-state index contributed by atoms with van der Waals surface area (Å²) in [7, 11) is 0. The van der Waals surface area contributed by atoms with Gasteiger partial charge in [-0.3, -0.25) is 4.79 Å². The lowest BCUT2D eigenvalue weighted by Crippen LogP contribution is -2.54. The lowest BCUT2D eigenvalue weighted by atomic mass is 9.49. The van der Waals surface area contributed by atoms with Crippen molar-refractivity contribution in [3.8, 4) is 0 Å². The van der Waals surface area contributed by atoms with Crippen LogP contribution in [0.1, 0.15) is 64.4 Å². The number of rotatable bonds is 4. The van der Waals surface area contributed by atoms with Crippen LogP contribution in [0.5, 0.6) is 0 Å². The SMILES string of the molecule is CC1(C)CC1(CNC(=O)C12CC3CC(CC(C3)C1)C2)c1ccc(F)cc1F. The van der Waals surface area contributed by atoms with Crippen LogP contribution >= 0.6 is 0 Å². The molecule has 0 radical (unpaired) electrons. The van der Waals surface area contributed by atoms with E-state index < -0.39 is 17.0 Å². The Hall–Kier alpha value is -1.45. The molecule has 0 heterocycles. The Bertz CT molecular complexity index is 766. The van der Waals surface area contributed by atoms with Gasteiger partial charge in [0.2, 0.25) is 5.91 Å². The van der Waals surface area contributed by atoms with Crippen LogP contribution in [0.2, 0.25) is 0 Å². The zero-order valence-electron chi connectivity index (χ0n) is 16.3. The van der Waals surface area contributed by atoms with Gasteiger partial charge in [0, 0.05) is 23.4 Å². The Labute approximate surface area is 160 Å². The second-order valence-electron chi connectivity index (χ2n) is 10.6. The zero-order chi connectivity index (χ0) is 19.0. The third kappa shape index (κ3) is 2.58. The van der Waals surface area contributed by atoms with E-state index >= 15 is 0 Å². The first-order chi connectivity index (χ1) is 12.7. The highest BCUT2D eigenvalue weighted by atomic mass is 19.1. The van der Waals surface area contributed by atoms with Crippen molar-refractivity contribution in [3.05, 3.63) is 35.4 Å². The maximum atomic E-state index is 14.5. The van der Waals surface area contributed by atoms with Crippen molar-refractivity contribution in [1.29, 1.82) is 0 Å². The van der Waals surface area contributed by atoms with Gasteiger partial charge in [-0.15, -0.1) is 0 Å². The van der Waals surface area contributed by atoms with Gasteiger partial charge < -0.3 is 5.32 Å². The summed E-state index contributed by atoms with van der Waals surface area (Å²) in [5.74, 6) is 1.31. The van der Waals surface area contributed by atoms with E-state index in [1.165, 1.54) is 25.3 Å². The Morgan fingerprint density at radius 2 is 1.63 bits per heavy atom. The maximum Gasteiger partial charge on any atom is 0.226 e. The molecule has 1 unspecified atom stereocenters. The summed E-state index contributed by atoms with van der Waals surface area (Å²) in [5.41, 5.74) is -0.167. The molecule has 1 aromatic rings. The molecule has 5 aliphatic carbocycles. The third-order valence-corrected chi connectivity index (χ3v) is 8.43. The molecule has 0 spiro atoms. The smallest absolute Gasteiger partial charge is 0.226 e. The molecule has 1 aromatic carbocycles. The van der Waals surface area contributed by atoms with Crippen LogP contribution in [-0.2, 0) is 10.2 Å². The summed E-state index contributed by atoms with van der Waals surface area (Å²) >= 11 is 0. The van der Waals surface area contributed by atoms with Crippen LogP contribution in [0.25, 0.3) is 0 Å². The maximum absolute atomic E-state index is 14.5. The Morgan fingerprint density at radius 3 is 2.11 bits per heavy atom. The first kappa shape index (κ1) is 17.6. The van der Waals surface area contributed by atoms with E-state index in [0.29, 0.717) is 12.1 Å². The summed E-state index contributed by atoms with van der Waals surface area (Å²) in [4.78, 5) is 13.3. The fourth-order valence-electron chi connectivity index (χ4n) is 7.25. The highest BCUT2D eigenvalue weighted by Crippen LogP contribution is 2.65. The monoisotopic (exact) mass is 373 g/mol. The predicted molar refractivity (Wildman–Crippen MR) is 100 cm³/mol. The standard InChI is InChI=1S/C23H29F2NO/c1-21(2)12-23(21,18-4-3-17(24)8-19(18)25)13-26-20(27)22-9-14-5-15(10-22)7-16(6-14)11-22/h3-4,8,14-16H,5-7,9-13H2,1-2H3,(H,26,27). The van der Waals surface area contributed by atoms with Gasteiger partial charge in [0.05, 0.1) is 0 Å². The second kappa shape index (κ2) is 5.55. The van der Waals surface area contributed by atoms with E-state index in [1.54, 1.807) is 6.07 Å². The minimum Gasteiger partial charge on any atom is -0.355 e. The number of carbonyl (C=O) groups excluding carboxylic acids is 1. The van der Waals surface area contributed by atoms with Gasteiger partial charge in [-0.25, -0.2) is 8.78 Å². The number of amides is 1. The Morgan fingerprint density at radius 1 is 1.07 bits per heavy atom. The van der Waals surface area contributed by atoms with Gasteiger partial charge in [0.1, 0.15) is 11.6 Å². The molecule has 27 heavy (non-hydrogen) atoms. The van der Waals surface area contributed by atoms with Crippen LogP contribution in [0.3, 0.4) is 0 Å². The van der Waals surface area contributed by atoms with Crippen LogP contribution < -0.4 is 5.32 Å². The highest BCUT2D eigenvalue weighted by Gasteiger charge is 2.63. The van der Waals surface area contributed by atoms with Crippen molar-refractivity contribution in [2.75, 3.05) is 6.54 Å². The average Bonchev–Trinajstić information content (AvgIpc) is 3.13. The molecule has 6 rings (SSSR count). The fourth-order valence-corrected chi connectivity index (χ4v) is 7.25. The van der Waals surface area contributed by atoms with E-state index in [-0.39, 0.29) is 16.7 Å². The Kier molecular flexibility index (Phi) is 3.62. The van der Waals surface area contributed by atoms with Gasteiger partial charge >= 0.3 is 0 Å². The fraction of sp³-hybridized carbons (Fsp3) is 0.696. The van der Waals surface area contributed by atoms with Crippen LogP contribution in [0, 0.1) is 40.2 Å². The van der Waals surface area contributed by atoms with E-state index in [1.807, 2.05) is 0 Å². The number of hydrogen-bond acceptors (Lipinski definition) is 1. The normalized spacial score (nSPS) is 40.8. The quantitative estimate of drug-likeness (QED) is 0.794. The van der Waals surface area contributed by atoms with Crippen molar-refractivity contribution >= 4 is 5.91 Å². The summed E-state index contributed by atoms with van der Waals surface area (Å²) < 4.78 is 27.9. The van der Waals surface area contributed by atoms with Crippen molar-refractivity contribution in [1.82, 2.24) is 5.32 Å². The summed E-state index contributed by atoms with van der Waals surface area (Å²) in [6.45, 7) is 4.66. The highest BCUT2D eigenvalue weighted by molar-refractivity contribution is 5.83. The van der Waals surface area contributed by atoms with Gasteiger partial charge in [0.15, 0.2) is 0 Å². The van der Waals surface area contributed by atoms with Crippen LogP contribution in [0.4, 0.5) is 8.78 Å². The number of carbonyl (C=O) groups is 1. The van der Waals surface area contributed by atoms with Gasteiger partial charge in [0.25, 0.3) is 0 Å². The molecular weight excluding hydrogens is 344 g/mol. The first-order valence-electron chi connectivity index (χ1n) is 10.5. The number of halogens is 2.